The van der Waals surface area contributed by atoms with Gasteiger partial charge in [0.05, 0.1) is 6.61 Å². The van der Waals surface area contributed by atoms with E-state index in [0.29, 0.717) is 17.3 Å². The molecule has 1 atom stereocenters. The average Bonchev–Trinajstić information content (AvgIpc) is 3.00. The van der Waals surface area contributed by atoms with E-state index in [2.05, 4.69) is 0 Å². The van der Waals surface area contributed by atoms with Gasteiger partial charge in [-0.15, -0.1) is 0 Å². The molecule has 2 rings (SSSR count). The van der Waals surface area contributed by atoms with Crippen molar-refractivity contribution in [3.63, 3.8) is 0 Å². The zero-order valence-corrected chi connectivity index (χ0v) is 8.78. The van der Waals surface area contributed by atoms with Gasteiger partial charge in [-0.2, -0.15) is 8.78 Å². The van der Waals surface area contributed by atoms with Gasteiger partial charge in [0, 0.05) is 0 Å². The van der Waals surface area contributed by atoms with E-state index in [4.69, 9.17) is 4.74 Å². The Bertz CT molecular complexity index is 359. The van der Waals surface area contributed by atoms with Crippen LogP contribution in [0.4, 0.5) is 13.2 Å². The van der Waals surface area contributed by atoms with E-state index in [-0.39, 0.29) is 6.61 Å². The second kappa shape index (κ2) is 3.42. The molecule has 1 aliphatic heterocycles. The van der Waals surface area contributed by atoms with Gasteiger partial charge in [-0.3, -0.25) is 0 Å². The molecule has 0 aromatic heterocycles. The third-order valence-electron chi connectivity index (χ3n) is 2.47. The fraction of sp³-hybridized carbons (Fsp3) is 0.400. The minimum absolute atomic E-state index is 0.0214. The average molecular weight is 234 g/mol. The van der Waals surface area contributed by atoms with Gasteiger partial charge in [-0.1, -0.05) is 23.9 Å². The van der Waals surface area contributed by atoms with Gasteiger partial charge in [-0.25, -0.2) is 4.39 Å². The summed E-state index contributed by atoms with van der Waals surface area (Å²) in [5.41, 5.74) is -1.23. The lowest BCUT2D eigenvalue weighted by atomic mass is 10.0. The molecule has 1 saturated heterocycles. The highest BCUT2D eigenvalue weighted by Gasteiger charge is 2.65. The summed E-state index contributed by atoms with van der Waals surface area (Å²) in [5.74, 6) is -0.443. The minimum atomic E-state index is -2.98. The summed E-state index contributed by atoms with van der Waals surface area (Å²) in [7, 11) is 0. The molecular formula is C10H9F3OS. The van der Waals surface area contributed by atoms with Gasteiger partial charge in [-0.05, 0) is 24.0 Å². The first-order valence-corrected chi connectivity index (χ1v) is 5.57. The first-order valence-electron chi connectivity index (χ1n) is 4.35. The van der Waals surface area contributed by atoms with Crippen molar-refractivity contribution >= 4 is 11.8 Å². The van der Waals surface area contributed by atoms with Crippen LogP contribution in [0.2, 0.25) is 0 Å². The van der Waals surface area contributed by atoms with Crippen LogP contribution < -0.4 is 0 Å². The maximum atomic E-state index is 13.5. The third kappa shape index (κ3) is 1.63. The van der Waals surface area contributed by atoms with Crippen molar-refractivity contribution in [2.24, 2.45) is 0 Å². The summed E-state index contributed by atoms with van der Waals surface area (Å²) in [6, 6.07) is 5.00. The number of epoxide rings is 1. The zero-order chi connectivity index (χ0) is 11.1. The lowest BCUT2D eigenvalue weighted by Gasteiger charge is -2.21. The smallest absolute Gasteiger partial charge is 0.328 e. The summed E-state index contributed by atoms with van der Waals surface area (Å²) >= 11 is 0.443. The molecule has 1 aliphatic rings. The second-order valence-corrected chi connectivity index (χ2v) is 4.26. The quantitative estimate of drug-likeness (QED) is 0.745. The Morgan fingerprint density at radius 3 is 2.27 bits per heavy atom. The molecule has 5 heteroatoms. The topological polar surface area (TPSA) is 12.5 Å². The molecule has 15 heavy (non-hydrogen) atoms. The summed E-state index contributed by atoms with van der Waals surface area (Å²) in [4.78, 5) is 0. The van der Waals surface area contributed by atoms with Crippen molar-refractivity contribution in [1.82, 2.24) is 0 Å². The predicted octanol–water partition coefficient (Wildman–Crippen LogP) is 3.01. The van der Waals surface area contributed by atoms with E-state index in [1.165, 1.54) is 18.4 Å². The molecule has 0 bridgehead atoms. The summed E-state index contributed by atoms with van der Waals surface area (Å²) in [6.07, 6.45) is 1.33. The Kier molecular flexibility index (Phi) is 2.47. The number of rotatable bonds is 3. The van der Waals surface area contributed by atoms with E-state index in [1.54, 1.807) is 0 Å². The van der Waals surface area contributed by atoms with Crippen LogP contribution in [0.1, 0.15) is 5.56 Å². The van der Waals surface area contributed by atoms with Gasteiger partial charge >= 0.3 is 5.25 Å². The molecule has 0 spiro atoms. The maximum absolute atomic E-state index is 13.5. The first kappa shape index (κ1) is 10.8. The molecule has 0 aliphatic carbocycles. The van der Waals surface area contributed by atoms with Crippen LogP contribution in [0.15, 0.2) is 24.3 Å². The Morgan fingerprint density at radius 1 is 1.33 bits per heavy atom. The molecule has 82 valence electrons. The first-order chi connectivity index (χ1) is 7.02. The van der Waals surface area contributed by atoms with Crippen molar-refractivity contribution < 1.29 is 17.9 Å². The summed E-state index contributed by atoms with van der Waals surface area (Å²) < 4.78 is 44.6. The van der Waals surface area contributed by atoms with E-state index >= 15 is 0 Å². The molecule has 1 heterocycles. The van der Waals surface area contributed by atoms with Crippen LogP contribution in [0.3, 0.4) is 0 Å². The minimum Gasteiger partial charge on any atom is -0.357 e. The van der Waals surface area contributed by atoms with Gasteiger partial charge < -0.3 is 4.74 Å². The van der Waals surface area contributed by atoms with Crippen molar-refractivity contribution in [3.8, 4) is 0 Å². The second-order valence-electron chi connectivity index (χ2n) is 3.34. The maximum Gasteiger partial charge on any atom is 0.328 e. The van der Waals surface area contributed by atoms with E-state index in [1.807, 2.05) is 0 Å². The van der Waals surface area contributed by atoms with Crippen LogP contribution in [0.25, 0.3) is 0 Å². The molecule has 1 aromatic carbocycles. The van der Waals surface area contributed by atoms with Crippen LogP contribution in [-0.2, 0) is 10.3 Å². The van der Waals surface area contributed by atoms with Gasteiger partial charge in [0.2, 0.25) is 0 Å². The molecule has 1 unspecified atom stereocenters. The normalized spacial score (nSPS) is 25.3. The lowest BCUT2D eigenvalue weighted by Crippen LogP contribution is -2.31. The van der Waals surface area contributed by atoms with E-state index in [0.717, 1.165) is 12.1 Å². The molecular weight excluding hydrogens is 225 g/mol. The number of benzene rings is 1. The van der Waals surface area contributed by atoms with Gasteiger partial charge in [0.1, 0.15) is 5.82 Å². The lowest BCUT2D eigenvalue weighted by molar-refractivity contribution is 0.00994. The summed E-state index contributed by atoms with van der Waals surface area (Å²) in [6.45, 7) is -0.0214. The molecule has 0 amide bonds. The largest absolute Gasteiger partial charge is 0.357 e. The standard InChI is InChI=1S/C10H9F3OS/c1-15-10(12,13)9(6-14-9)7-2-4-8(11)5-3-7/h2-5H,6H2,1H3. The van der Waals surface area contributed by atoms with Gasteiger partial charge in [0.25, 0.3) is 0 Å². The Morgan fingerprint density at radius 2 is 1.87 bits per heavy atom. The predicted molar refractivity (Wildman–Crippen MR) is 52.5 cm³/mol. The van der Waals surface area contributed by atoms with Crippen molar-refractivity contribution in [2.75, 3.05) is 12.9 Å². The molecule has 1 fully saturated rings. The highest BCUT2D eigenvalue weighted by Crippen LogP contribution is 2.55. The number of ether oxygens (including phenoxy) is 1. The highest BCUT2D eigenvalue weighted by atomic mass is 32.2. The van der Waals surface area contributed by atoms with Crippen molar-refractivity contribution in [3.05, 3.63) is 35.6 Å². The molecule has 1 aromatic rings. The number of hydrogen-bond donors (Lipinski definition) is 0. The SMILES string of the molecule is CSC(F)(F)C1(c2ccc(F)cc2)CO1. The monoisotopic (exact) mass is 234 g/mol. The highest BCUT2D eigenvalue weighted by molar-refractivity contribution is 7.99. The number of alkyl halides is 2. The number of thioether (sulfide) groups is 1. The summed E-state index contributed by atoms with van der Waals surface area (Å²) in [5, 5.41) is -2.98. The molecule has 0 radical (unpaired) electrons. The van der Waals surface area contributed by atoms with Crippen molar-refractivity contribution in [2.45, 2.75) is 10.9 Å². The molecule has 0 saturated carbocycles. The van der Waals surface area contributed by atoms with Gasteiger partial charge in [0.15, 0.2) is 5.60 Å². The van der Waals surface area contributed by atoms with Crippen LogP contribution in [-0.4, -0.2) is 18.1 Å². The third-order valence-corrected chi connectivity index (χ3v) is 3.31. The van der Waals surface area contributed by atoms with E-state index in [9.17, 15) is 13.2 Å². The Labute approximate surface area is 89.6 Å². The fourth-order valence-corrected chi connectivity index (χ4v) is 2.02. The number of halogens is 3. The number of hydrogen-bond acceptors (Lipinski definition) is 2. The van der Waals surface area contributed by atoms with Crippen molar-refractivity contribution in [1.29, 1.82) is 0 Å². The van der Waals surface area contributed by atoms with Crippen LogP contribution in [0.5, 0.6) is 0 Å². The molecule has 0 N–H and O–H groups in total. The Hall–Kier alpha value is -0.680. The Balaban J connectivity index is 2.34. The van der Waals surface area contributed by atoms with E-state index < -0.39 is 16.7 Å². The fourth-order valence-electron chi connectivity index (χ4n) is 1.46. The zero-order valence-electron chi connectivity index (χ0n) is 7.97. The van der Waals surface area contributed by atoms with Crippen LogP contribution >= 0.6 is 11.8 Å². The molecule has 1 nitrogen and oxygen atoms in total. The van der Waals surface area contributed by atoms with Crippen LogP contribution in [0, 0.1) is 5.82 Å².